The van der Waals surface area contributed by atoms with E-state index in [0.717, 1.165) is 6.42 Å². The number of hydrogen-bond donors (Lipinski definition) is 3. The van der Waals surface area contributed by atoms with E-state index in [0.29, 0.717) is 6.42 Å². The minimum Gasteiger partial charge on any atom is -0.480 e. The molecule has 1 heterocycles. The zero-order chi connectivity index (χ0) is 16.0. The van der Waals surface area contributed by atoms with Crippen LogP contribution in [0.2, 0.25) is 0 Å². The smallest absolute Gasteiger partial charge is 0.326 e. The molecule has 0 saturated carbocycles. The van der Waals surface area contributed by atoms with Crippen LogP contribution < -0.4 is 10.6 Å². The second-order valence-corrected chi connectivity index (χ2v) is 6.81. The molecule has 0 radical (unpaired) electrons. The average Bonchev–Trinajstić information content (AvgIpc) is 2.79. The van der Waals surface area contributed by atoms with Gasteiger partial charge in [0.15, 0.2) is 0 Å². The Morgan fingerprint density at radius 2 is 1.95 bits per heavy atom. The highest BCUT2D eigenvalue weighted by Gasteiger charge is 2.25. The fraction of sp³-hybridized carbons (Fsp3) is 0.600. The summed E-state index contributed by atoms with van der Waals surface area (Å²) in [7, 11) is 0. The van der Waals surface area contributed by atoms with E-state index in [1.807, 2.05) is 27.7 Å². The average molecular weight is 312 g/mol. The SMILES string of the molecule is CCC(C)C(NC(=O)NC(C)Cc1ccc(C)s1)C(=O)O. The van der Waals surface area contributed by atoms with Crippen molar-refractivity contribution in [1.82, 2.24) is 10.6 Å². The Morgan fingerprint density at radius 3 is 2.43 bits per heavy atom. The van der Waals surface area contributed by atoms with Crippen LogP contribution in [0.25, 0.3) is 0 Å². The van der Waals surface area contributed by atoms with E-state index < -0.39 is 18.0 Å². The topological polar surface area (TPSA) is 78.4 Å². The minimum atomic E-state index is -0.999. The van der Waals surface area contributed by atoms with E-state index in [1.165, 1.54) is 9.75 Å². The lowest BCUT2D eigenvalue weighted by Crippen LogP contribution is -2.51. The molecule has 6 heteroatoms. The molecule has 0 aliphatic carbocycles. The quantitative estimate of drug-likeness (QED) is 0.724. The molecular formula is C15H24N2O3S. The Kier molecular flexibility index (Phi) is 6.68. The predicted molar refractivity (Wildman–Crippen MR) is 84.8 cm³/mol. The van der Waals surface area contributed by atoms with E-state index >= 15 is 0 Å². The maximum atomic E-state index is 11.9. The van der Waals surface area contributed by atoms with Gasteiger partial charge in [-0.05, 0) is 31.9 Å². The Bertz CT molecular complexity index is 487. The van der Waals surface area contributed by atoms with Crippen LogP contribution in [-0.4, -0.2) is 29.2 Å². The number of carboxylic acid groups (broad SMARTS) is 1. The Hall–Kier alpha value is -1.56. The first-order valence-electron chi connectivity index (χ1n) is 7.18. The Labute approximate surface area is 129 Å². The summed E-state index contributed by atoms with van der Waals surface area (Å²) in [6, 6.07) is 2.77. The van der Waals surface area contributed by atoms with Gasteiger partial charge < -0.3 is 15.7 Å². The number of hydrogen-bond acceptors (Lipinski definition) is 3. The van der Waals surface area contributed by atoms with Crippen LogP contribution in [0, 0.1) is 12.8 Å². The summed E-state index contributed by atoms with van der Waals surface area (Å²) in [6.45, 7) is 7.68. The van der Waals surface area contributed by atoms with Gasteiger partial charge in [-0.25, -0.2) is 9.59 Å². The van der Waals surface area contributed by atoms with Crippen LogP contribution in [0.4, 0.5) is 4.79 Å². The van der Waals surface area contributed by atoms with E-state index in [4.69, 9.17) is 5.11 Å². The van der Waals surface area contributed by atoms with Crippen LogP contribution >= 0.6 is 11.3 Å². The highest BCUT2D eigenvalue weighted by Crippen LogP contribution is 2.16. The molecule has 0 saturated heterocycles. The lowest BCUT2D eigenvalue weighted by molar-refractivity contribution is -0.140. The lowest BCUT2D eigenvalue weighted by atomic mass is 9.99. The number of carbonyl (C=O) groups excluding carboxylic acids is 1. The van der Waals surface area contributed by atoms with Crippen molar-refractivity contribution in [2.45, 2.75) is 52.6 Å². The van der Waals surface area contributed by atoms with Crippen LogP contribution in [0.5, 0.6) is 0 Å². The van der Waals surface area contributed by atoms with Crippen molar-refractivity contribution < 1.29 is 14.7 Å². The fourth-order valence-electron chi connectivity index (χ4n) is 2.04. The third kappa shape index (κ3) is 5.75. The van der Waals surface area contributed by atoms with E-state index in [9.17, 15) is 9.59 Å². The van der Waals surface area contributed by atoms with Crippen molar-refractivity contribution >= 4 is 23.3 Å². The molecule has 0 fully saturated rings. The first-order valence-corrected chi connectivity index (χ1v) is 8.00. The Balaban J connectivity index is 2.49. The predicted octanol–water partition coefficient (Wildman–Crippen LogP) is 2.79. The van der Waals surface area contributed by atoms with Gasteiger partial charge in [0.1, 0.15) is 6.04 Å². The zero-order valence-corrected chi connectivity index (χ0v) is 13.8. The van der Waals surface area contributed by atoms with Crippen molar-refractivity contribution in [3.63, 3.8) is 0 Å². The standard InChI is InChI=1S/C15H24N2O3S/c1-5-9(2)13(14(18)19)17-15(20)16-10(3)8-12-7-6-11(4)21-12/h6-7,9-10,13H,5,8H2,1-4H3,(H,18,19)(H2,16,17,20). The number of nitrogens with one attached hydrogen (secondary N) is 2. The Morgan fingerprint density at radius 1 is 1.29 bits per heavy atom. The molecular weight excluding hydrogens is 288 g/mol. The fourth-order valence-corrected chi connectivity index (χ4v) is 3.06. The third-order valence-electron chi connectivity index (χ3n) is 3.45. The number of thiophene rings is 1. The molecule has 21 heavy (non-hydrogen) atoms. The number of amides is 2. The van der Waals surface area contributed by atoms with Gasteiger partial charge >= 0.3 is 12.0 Å². The molecule has 5 nitrogen and oxygen atoms in total. The van der Waals surface area contributed by atoms with Gasteiger partial charge in [0.05, 0.1) is 0 Å². The molecule has 3 unspecified atom stereocenters. The molecule has 118 valence electrons. The van der Waals surface area contributed by atoms with Crippen molar-refractivity contribution in [2.24, 2.45) is 5.92 Å². The van der Waals surface area contributed by atoms with Gasteiger partial charge in [-0.2, -0.15) is 0 Å². The molecule has 1 rings (SSSR count). The summed E-state index contributed by atoms with van der Waals surface area (Å²) in [5.41, 5.74) is 0. The minimum absolute atomic E-state index is 0.0468. The summed E-state index contributed by atoms with van der Waals surface area (Å²) in [5, 5.41) is 14.5. The van der Waals surface area contributed by atoms with Crippen LogP contribution in [0.15, 0.2) is 12.1 Å². The van der Waals surface area contributed by atoms with Crippen LogP contribution in [0.3, 0.4) is 0 Å². The number of aliphatic carboxylic acids is 1. The maximum Gasteiger partial charge on any atom is 0.326 e. The molecule has 0 aromatic carbocycles. The van der Waals surface area contributed by atoms with Gasteiger partial charge in [0, 0.05) is 22.2 Å². The van der Waals surface area contributed by atoms with Gasteiger partial charge in [0.2, 0.25) is 0 Å². The lowest BCUT2D eigenvalue weighted by Gasteiger charge is -2.22. The normalized spacial score (nSPS) is 15.0. The molecule has 0 aliphatic heterocycles. The number of carboxylic acids is 1. The van der Waals surface area contributed by atoms with Crippen molar-refractivity contribution in [3.05, 3.63) is 21.9 Å². The summed E-state index contributed by atoms with van der Waals surface area (Å²) >= 11 is 1.70. The molecule has 1 aromatic rings. The highest BCUT2D eigenvalue weighted by molar-refractivity contribution is 7.11. The zero-order valence-electron chi connectivity index (χ0n) is 13.0. The number of urea groups is 1. The maximum absolute atomic E-state index is 11.9. The van der Waals surface area contributed by atoms with Crippen molar-refractivity contribution in [1.29, 1.82) is 0 Å². The number of rotatable bonds is 7. The van der Waals surface area contributed by atoms with Crippen molar-refractivity contribution in [3.8, 4) is 0 Å². The highest BCUT2D eigenvalue weighted by atomic mass is 32.1. The summed E-state index contributed by atoms with van der Waals surface area (Å²) in [6.07, 6.45) is 1.44. The monoisotopic (exact) mass is 312 g/mol. The van der Waals surface area contributed by atoms with E-state index in [-0.39, 0.29) is 12.0 Å². The van der Waals surface area contributed by atoms with Gasteiger partial charge in [-0.3, -0.25) is 0 Å². The van der Waals surface area contributed by atoms with Gasteiger partial charge in [-0.15, -0.1) is 11.3 Å². The molecule has 0 spiro atoms. The summed E-state index contributed by atoms with van der Waals surface area (Å²) in [5.74, 6) is -1.11. The molecule has 0 aliphatic rings. The van der Waals surface area contributed by atoms with Crippen molar-refractivity contribution in [2.75, 3.05) is 0 Å². The largest absolute Gasteiger partial charge is 0.480 e. The number of aryl methyl sites for hydroxylation is 1. The van der Waals surface area contributed by atoms with Crippen LogP contribution in [0.1, 0.15) is 36.9 Å². The van der Waals surface area contributed by atoms with Crippen LogP contribution in [-0.2, 0) is 11.2 Å². The third-order valence-corrected chi connectivity index (χ3v) is 4.47. The van der Waals surface area contributed by atoms with E-state index in [1.54, 1.807) is 11.3 Å². The van der Waals surface area contributed by atoms with E-state index in [2.05, 4.69) is 22.8 Å². The molecule has 1 aromatic heterocycles. The van der Waals surface area contributed by atoms with Gasteiger partial charge in [-0.1, -0.05) is 20.3 Å². The summed E-state index contributed by atoms with van der Waals surface area (Å²) in [4.78, 5) is 25.5. The molecule has 0 bridgehead atoms. The first-order chi connectivity index (χ1) is 9.83. The molecule has 2 amide bonds. The second kappa shape index (κ2) is 8.02. The first kappa shape index (κ1) is 17.5. The molecule has 3 atom stereocenters. The number of carbonyl (C=O) groups is 2. The van der Waals surface area contributed by atoms with Gasteiger partial charge in [0.25, 0.3) is 0 Å². The summed E-state index contributed by atoms with van der Waals surface area (Å²) < 4.78 is 0. The second-order valence-electron chi connectivity index (χ2n) is 5.44. The molecule has 3 N–H and O–H groups in total.